The van der Waals surface area contributed by atoms with Crippen LogP contribution in [0, 0.1) is 0 Å². The predicted molar refractivity (Wildman–Crippen MR) is 62.3 cm³/mol. The van der Waals surface area contributed by atoms with Crippen LogP contribution >= 0.6 is 0 Å². The average Bonchev–Trinajstić information content (AvgIpc) is 2.59. The van der Waals surface area contributed by atoms with Crippen molar-refractivity contribution in [3.05, 3.63) is 35.9 Å². The van der Waals surface area contributed by atoms with Crippen molar-refractivity contribution in [3.63, 3.8) is 0 Å². The van der Waals surface area contributed by atoms with Crippen LogP contribution in [0.4, 0.5) is 0 Å². The minimum Gasteiger partial charge on any atom is -0.373 e. The number of nitrogens with one attached hydrogen (secondary N) is 1. The maximum Gasteiger partial charge on any atom is 0.251 e. The van der Waals surface area contributed by atoms with Gasteiger partial charge in [0.2, 0.25) is 0 Å². The Hall–Kier alpha value is -1.35. The maximum atomic E-state index is 11.8. The largest absolute Gasteiger partial charge is 0.373 e. The summed E-state index contributed by atoms with van der Waals surface area (Å²) in [6.45, 7) is 4.69. The SMILES string of the molecule is CC1(C)CC(NC(=O)c2ccccc2)CO1. The summed E-state index contributed by atoms with van der Waals surface area (Å²) in [6.07, 6.45) is 0.867. The Morgan fingerprint density at radius 2 is 2.06 bits per heavy atom. The van der Waals surface area contributed by atoms with Crippen molar-refractivity contribution >= 4 is 5.91 Å². The van der Waals surface area contributed by atoms with Crippen LogP contribution in [-0.2, 0) is 4.74 Å². The van der Waals surface area contributed by atoms with Gasteiger partial charge in [-0.3, -0.25) is 4.79 Å². The Labute approximate surface area is 95.8 Å². The molecule has 0 spiro atoms. The number of benzene rings is 1. The smallest absolute Gasteiger partial charge is 0.251 e. The fraction of sp³-hybridized carbons (Fsp3) is 0.462. The van der Waals surface area contributed by atoms with E-state index in [0.29, 0.717) is 12.2 Å². The molecule has 3 heteroatoms. The lowest BCUT2D eigenvalue weighted by molar-refractivity contribution is 0.0355. The van der Waals surface area contributed by atoms with Crippen molar-refractivity contribution in [2.75, 3.05) is 6.61 Å². The van der Waals surface area contributed by atoms with E-state index in [2.05, 4.69) is 5.32 Å². The molecule has 0 saturated carbocycles. The van der Waals surface area contributed by atoms with Gasteiger partial charge >= 0.3 is 0 Å². The van der Waals surface area contributed by atoms with Gasteiger partial charge < -0.3 is 10.1 Å². The molecule has 1 N–H and O–H groups in total. The summed E-state index contributed by atoms with van der Waals surface area (Å²) in [5.41, 5.74) is 0.585. The quantitative estimate of drug-likeness (QED) is 0.826. The van der Waals surface area contributed by atoms with Crippen molar-refractivity contribution < 1.29 is 9.53 Å². The van der Waals surface area contributed by atoms with E-state index in [1.807, 2.05) is 44.2 Å². The molecule has 0 radical (unpaired) electrons. The van der Waals surface area contributed by atoms with Crippen molar-refractivity contribution in [2.24, 2.45) is 0 Å². The van der Waals surface area contributed by atoms with E-state index in [9.17, 15) is 4.79 Å². The van der Waals surface area contributed by atoms with E-state index in [1.54, 1.807) is 0 Å². The fourth-order valence-electron chi connectivity index (χ4n) is 1.99. The zero-order chi connectivity index (χ0) is 11.6. The molecule has 0 aliphatic carbocycles. The van der Waals surface area contributed by atoms with E-state index in [1.165, 1.54) is 0 Å². The first-order valence-electron chi connectivity index (χ1n) is 5.57. The third-order valence-electron chi connectivity index (χ3n) is 2.78. The summed E-state index contributed by atoms with van der Waals surface area (Å²) in [4.78, 5) is 11.8. The Balaban J connectivity index is 1.94. The van der Waals surface area contributed by atoms with Gasteiger partial charge in [0.25, 0.3) is 5.91 Å². The van der Waals surface area contributed by atoms with Crippen molar-refractivity contribution in [2.45, 2.75) is 31.9 Å². The van der Waals surface area contributed by atoms with Gasteiger partial charge in [0.05, 0.1) is 18.2 Å². The van der Waals surface area contributed by atoms with Crippen LogP contribution in [0.5, 0.6) is 0 Å². The molecule has 1 saturated heterocycles. The molecule has 1 aliphatic heterocycles. The molecule has 1 aliphatic rings. The molecule has 0 bridgehead atoms. The number of rotatable bonds is 2. The summed E-state index contributed by atoms with van der Waals surface area (Å²) in [5, 5.41) is 2.99. The van der Waals surface area contributed by atoms with Crippen LogP contribution in [0.25, 0.3) is 0 Å². The first kappa shape index (κ1) is 11.1. The highest BCUT2D eigenvalue weighted by atomic mass is 16.5. The van der Waals surface area contributed by atoms with Gasteiger partial charge in [0.15, 0.2) is 0 Å². The Kier molecular flexibility index (Phi) is 2.97. The molecule has 86 valence electrons. The summed E-state index contributed by atoms with van der Waals surface area (Å²) >= 11 is 0. The first-order chi connectivity index (χ1) is 7.57. The number of carbonyl (C=O) groups is 1. The minimum absolute atomic E-state index is 0.0214. The number of amides is 1. The van der Waals surface area contributed by atoms with E-state index in [4.69, 9.17) is 4.74 Å². The maximum absolute atomic E-state index is 11.8. The molecule has 1 aromatic carbocycles. The van der Waals surface area contributed by atoms with Crippen LogP contribution in [0.2, 0.25) is 0 Å². The monoisotopic (exact) mass is 219 g/mol. The van der Waals surface area contributed by atoms with E-state index in [0.717, 1.165) is 6.42 Å². The molecule has 16 heavy (non-hydrogen) atoms. The second-order valence-electron chi connectivity index (χ2n) is 4.81. The second kappa shape index (κ2) is 4.26. The summed E-state index contributed by atoms with van der Waals surface area (Å²) in [6, 6.07) is 9.39. The van der Waals surface area contributed by atoms with Gasteiger partial charge in [0, 0.05) is 5.56 Å². The van der Waals surface area contributed by atoms with Crippen molar-refractivity contribution in [1.82, 2.24) is 5.32 Å². The Bertz CT molecular complexity index is 373. The number of hydrogen-bond donors (Lipinski definition) is 1. The normalized spacial score (nSPS) is 23.0. The predicted octanol–water partition coefficient (Wildman–Crippen LogP) is 1.98. The molecule has 0 aromatic heterocycles. The van der Waals surface area contributed by atoms with Crippen LogP contribution in [0.15, 0.2) is 30.3 Å². The third-order valence-corrected chi connectivity index (χ3v) is 2.78. The van der Waals surface area contributed by atoms with Gasteiger partial charge in [-0.1, -0.05) is 18.2 Å². The summed E-state index contributed by atoms with van der Waals surface area (Å²) in [5.74, 6) is -0.0214. The Morgan fingerprint density at radius 3 is 2.62 bits per heavy atom. The van der Waals surface area contributed by atoms with Gasteiger partial charge in [-0.05, 0) is 32.4 Å². The molecule has 1 aromatic rings. The van der Waals surface area contributed by atoms with E-state index >= 15 is 0 Å². The van der Waals surface area contributed by atoms with Crippen LogP contribution in [0.3, 0.4) is 0 Å². The topological polar surface area (TPSA) is 38.3 Å². The lowest BCUT2D eigenvalue weighted by Crippen LogP contribution is -2.35. The zero-order valence-electron chi connectivity index (χ0n) is 9.69. The molecule has 1 unspecified atom stereocenters. The van der Waals surface area contributed by atoms with E-state index < -0.39 is 0 Å². The standard InChI is InChI=1S/C13H17NO2/c1-13(2)8-11(9-16-13)14-12(15)10-6-4-3-5-7-10/h3-7,11H,8-9H2,1-2H3,(H,14,15). The molecule has 2 rings (SSSR count). The van der Waals surface area contributed by atoms with Gasteiger partial charge in [-0.15, -0.1) is 0 Å². The summed E-state index contributed by atoms with van der Waals surface area (Å²) < 4.78 is 5.57. The zero-order valence-corrected chi connectivity index (χ0v) is 9.69. The highest BCUT2D eigenvalue weighted by Crippen LogP contribution is 2.24. The molecule has 1 fully saturated rings. The van der Waals surface area contributed by atoms with Gasteiger partial charge in [-0.25, -0.2) is 0 Å². The molecular formula is C13H17NO2. The molecule has 3 nitrogen and oxygen atoms in total. The second-order valence-corrected chi connectivity index (χ2v) is 4.81. The van der Waals surface area contributed by atoms with E-state index in [-0.39, 0.29) is 17.6 Å². The number of ether oxygens (including phenoxy) is 1. The third kappa shape index (κ3) is 2.61. The highest BCUT2D eigenvalue weighted by molar-refractivity contribution is 5.94. The average molecular weight is 219 g/mol. The van der Waals surface area contributed by atoms with Crippen LogP contribution in [-0.4, -0.2) is 24.2 Å². The fourth-order valence-corrected chi connectivity index (χ4v) is 1.99. The van der Waals surface area contributed by atoms with Gasteiger partial charge in [0.1, 0.15) is 0 Å². The number of carbonyl (C=O) groups excluding carboxylic acids is 1. The molecule has 1 atom stereocenters. The molecule has 1 heterocycles. The minimum atomic E-state index is -0.116. The van der Waals surface area contributed by atoms with Crippen molar-refractivity contribution in [3.8, 4) is 0 Å². The van der Waals surface area contributed by atoms with Crippen molar-refractivity contribution in [1.29, 1.82) is 0 Å². The van der Waals surface area contributed by atoms with Gasteiger partial charge in [-0.2, -0.15) is 0 Å². The van der Waals surface area contributed by atoms with Crippen LogP contribution in [0.1, 0.15) is 30.6 Å². The highest BCUT2D eigenvalue weighted by Gasteiger charge is 2.32. The lowest BCUT2D eigenvalue weighted by atomic mass is 10.0. The summed E-state index contributed by atoms with van der Waals surface area (Å²) in [7, 11) is 0. The number of hydrogen-bond acceptors (Lipinski definition) is 2. The van der Waals surface area contributed by atoms with Crippen LogP contribution < -0.4 is 5.32 Å². The first-order valence-corrected chi connectivity index (χ1v) is 5.57. The Morgan fingerprint density at radius 1 is 1.38 bits per heavy atom. The molecular weight excluding hydrogens is 202 g/mol. The lowest BCUT2D eigenvalue weighted by Gasteiger charge is -2.16. The molecule has 1 amide bonds.